The predicted octanol–water partition coefficient (Wildman–Crippen LogP) is 3.26. The number of fused-ring (bicyclic) bond motifs is 1. The molecule has 0 aliphatic carbocycles. The van der Waals surface area contributed by atoms with Gasteiger partial charge < -0.3 is 9.80 Å². The second kappa shape index (κ2) is 4.73. The highest BCUT2D eigenvalue weighted by Gasteiger charge is 2.40. The molecule has 110 valence electrons. The fraction of sp³-hybridized carbons (Fsp3) is 0.647. The zero-order valence-electron chi connectivity index (χ0n) is 13.0. The minimum absolute atomic E-state index is 0.00110. The summed E-state index contributed by atoms with van der Waals surface area (Å²) in [6.07, 6.45) is 1.25. The van der Waals surface area contributed by atoms with Gasteiger partial charge in [0.1, 0.15) is 5.82 Å². The van der Waals surface area contributed by atoms with E-state index in [1.54, 1.807) is 6.07 Å². The molecule has 2 aliphatic heterocycles. The second-order valence-corrected chi connectivity index (χ2v) is 7.42. The molecule has 0 N–H and O–H groups in total. The lowest BCUT2D eigenvalue weighted by molar-refractivity contribution is 0.310. The summed E-state index contributed by atoms with van der Waals surface area (Å²) < 4.78 is 14.5. The highest BCUT2D eigenvalue weighted by molar-refractivity contribution is 5.51. The molecule has 2 unspecified atom stereocenters. The van der Waals surface area contributed by atoms with Gasteiger partial charge in [-0.15, -0.1) is 0 Å². The van der Waals surface area contributed by atoms with Crippen molar-refractivity contribution in [3.05, 3.63) is 29.6 Å². The number of anilines is 1. The average molecular weight is 276 g/mol. The Bertz CT molecular complexity index is 506. The van der Waals surface area contributed by atoms with Gasteiger partial charge in [0.05, 0.1) is 5.69 Å². The van der Waals surface area contributed by atoms with Gasteiger partial charge in [0, 0.05) is 19.1 Å². The first-order valence-corrected chi connectivity index (χ1v) is 7.61. The Morgan fingerprint density at radius 3 is 2.55 bits per heavy atom. The summed E-state index contributed by atoms with van der Waals surface area (Å²) in [5, 5.41) is 0. The van der Waals surface area contributed by atoms with Crippen LogP contribution in [0.15, 0.2) is 18.2 Å². The Hall–Kier alpha value is -1.09. The van der Waals surface area contributed by atoms with Gasteiger partial charge in [0.25, 0.3) is 0 Å². The first-order chi connectivity index (χ1) is 9.36. The van der Waals surface area contributed by atoms with Crippen LogP contribution in [0.25, 0.3) is 0 Å². The standard InChI is InChI=1S/C17H25FN2/c1-17(2,3)13-5-6-15(14(18)9-13)20-10-12-7-8-19(4)16(12)11-20/h5-6,9,12,16H,7-8,10-11H2,1-4H3. The van der Waals surface area contributed by atoms with Crippen LogP contribution in [-0.4, -0.2) is 37.6 Å². The molecule has 2 fully saturated rings. The fourth-order valence-corrected chi connectivity index (χ4v) is 3.60. The molecule has 20 heavy (non-hydrogen) atoms. The van der Waals surface area contributed by atoms with E-state index in [4.69, 9.17) is 0 Å². The number of rotatable bonds is 1. The third-order valence-corrected chi connectivity index (χ3v) is 4.98. The quantitative estimate of drug-likeness (QED) is 0.777. The van der Waals surface area contributed by atoms with E-state index in [2.05, 4.69) is 43.7 Å². The van der Waals surface area contributed by atoms with Crippen molar-refractivity contribution in [2.24, 2.45) is 5.92 Å². The highest BCUT2D eigenvalue weighted by Crippen LogP contribution is 2.35. The number of hydrogen-bond donors (Lipinski definition) is 0. The van der Waals surface area contributed by atoms with Crippen molar-refractivity contribution in [1.82, 2.24) is 4.90 Å². The highest BCUT2D eigenvalue weighted by atomic mass is 19.1. The smallest absolute Gasteiger partial charge is 0.146 e. The maximum Gasteiger partial charge on any atom is 0.146 e. The summed E-state index contributed by atoms with van der Waals surface area (Å²) in [5.74, 6) is 0.641. The van der Waals surface area contributed by atoms with E-state index in [9.17, 15) is 4.39 Å². The molecule has 2 atom stereocenters. The molecule has 0 bridgehead atoms. The zero-order valence-corrected chi connectivity index (χ0v) is 13.0. The summed E-state index contributed by atoms with van der Waals surface area (Å²) in [6.45, 7) is 9.52. The largest absolute Gasteiger partial charge is 0.367 e. The van der Waals surface area contributed by atoms with Crippen molar-refractivity contribution in [2.45, 2.75) is 38.6 Å². The van der Waals surface area contributed by atoms with Gasteiger partial charge >= 0.3 is 0 Å². The van der Waals surface area contributed by atoms with E-state index >= 15 is 0 Å². The summed E-state index contributed by atoms with van der Waals surface area (Å²) in [5.41, 5.74) is 1.84. The SMILES string of the molecule is CN1CCC2CN(c3ccc(C(C)(C)C)cc3F)CC21. The van der Waals surface area contributed by atoms with Crippen LogP contribution in [0.3, 0.4) is 0 Å². The minimum Gasteiger partial charge on any atom is -0.367 e. The molecule has 0 spiro atoms. The zero-order chi connectivity index (χ0) is 14.5. The lowest BCUT2D eigenvalue weighted by Gasteiger charge is -2.25. The van der Waals surface area contributed by atoms with Crippen LogP contribution in [-0.2, 0) is 5.41 Å². The Labute approximate surface area is 121 Å². The third-order valence-electron chi connectivity index (χ3n) is 4.98. The van der Waals surface area contributed by atoms with Crippen LogP contribution in [0, 0.1) is 11.7 Å². The number of likely N-dealkylation sites (tertiary alicyclic amines) is 1. The summed E-state index contributed by atoms with van der Waals surface area (Å²) in [6, 6.07) is 6.37. The number of hydrogen-bond acceptors (Lipinski definition) is 2. The van der Waals surface area contributed by atoms with Crippen LogP contribution in [0.2, 0.25) is 0 Å². The average Bonchev–Trinajstić information content (AvgIpc) is 2.91. The van der Waals surface area contributed by atoms with Gasteiger partial charge in [-0.1, -0.05) is 26.8 Å². The molecule has 0 amide bonds. The molecule has 0 radical (unpaired) electrons. The van der Waals surface area contributed by atoms with Crippen molar-refractivity contribution in [3.8, 4) is 0 Å². The Kier molecular flexibility index (Phi) is 3.28. The molecule has 3 heteroatoms. The maximum atomic E-state index is 14.5. The van der Waals surface area contributed by atoms with Crippen molar-refractivity contribution in [3.63, 3.8) is 0 Å². The van der Waals surface area contributed by atoms with Crippen LogP contribution >= 0.6 is 0 Å². The Morgan fingerprint density at radius 1 is 1.20 bits per heavy atom. The predicted molar refractivity (Wildman–Crippen MR) is 81.8 cm³/mol. The Balaban J connectivity index is 1.82. The lowest BCUT2D eigenvalue weighted by atomic mass is 9.87. The maximum absolute atomic E-state index is 14.5. The summed E-state index contributed by atoms with van der Waals surface area (Å²) in [7, 11) is 2.19. The van der Waals surface area contributed by atoms with Gasteiger partial charge in [-0.25, -0.2) is 4.39 Å². The van der Waals surface area contributed by atoms with Crippen LogP contribution in [0.1, 0.15) is 32.8 Å². The number of benzene rings is 1. The first kappa shape index (κ1) is 13.9. The molecule has 1 aromatic rings. The second-order valence-electron chi connectivity index (χ2n) is 7.42. The number of likely N-dealkylation sites (N-methyl/N-ethyl adjacent to an activating group) is 1. The summed E-state index contributed by atoms with van der Waals surface area (Å²) >= 11 is 0. The van der Waals surface area contributed by atoms with E-state index in [0.29, 0.717) is 12.0 Å². The number of halogens is 1. The van der Waals surface area contributed by atoms with Crippen LogP contribution in [0.4, 0.5) is 10.1 Å². The van der Waals surface area contributed by atoms with Gasteiger partial charge in [-0.3, -0.25) is 0 Å². The molecule has 2 heterocycles. The first-order valence-electron chi connectivity index (χ1n) is 7.61. The normalized spacial score (nSPS) is 27.1. The van der Waals surface area contributed by atoms with Gasteiger partial charge in [-0.05, 0) is 49.0 Å². The van der Waals surface area contributed by atoms with E-state index < -0.39 is 0 Å². The van der Waals surface area contributed by atoms with Crippen LogP contribution in [0.5, 0.6) is 0 Å². The van der Waals surface area contributed by atoms with Crippen molar-refractivity contribution in [2.75, 3.05) is 31.6 Å². The van der Waals surface area contributed by atoms with Crippen LogP contribution < -0.4 is 4.90 Å². The minimum atomic E-state index is -0.0694. The van der Waals surface area contributed by atoms with Gasteiger partial charge in [0.15, 0.2) is 0 Å². The summed E-state index contributed by atoms with van der Waals surface area (Å²) in [4.78, 5) is 4.65. The molecule has 2 nitrogen and oxygen atoms in total. The number of nitrogens with zero attached hydrogens (tertiary/aromatic N) is 2. The molecular weight excluding hydrogens is 251 g/mol. The molecule has 2 aliphatic rings. The van der Waals surface area contributed by atoms with Crippen molar-refractivity contribution in [1.29, 1.82) is 0 Å². The fourth-order valence-electron chi connectivity index (χ4n) is 3.60. The molecule has 0 aromatic heterocycles. The monoisotopic (exact) mass is 276 g/mol. The van der Waals surface area contributed by atoms with E-state index in [-0.39, 0.29) is 11.2 Å². The molecular formula is C17H25FN2. The molecule has 0 saturated carbocycles. The van der Waals surface area contributed by atoms with Gasteiger partial charge in [-0.2, -0.15) is 0 Å². The third kappa shape index (κ3) is 2.32. The topological polar surface area (TPSA) is 6.48 Å². The van der Waals surface area contributed by atoms with Crippen molar-refractivity contribution < 1.29 is 4.39 Å². The van der Waals surface area contributed by atoms with E-state index in [1.807, 2.05) is 6.07 Å². The molecule has 2 saturated heterocycles. The van der Waals surface area contributed by atoms with Crippen molar-refractivity contribution >= 4 is 5.69 Å². The lowest BCUT2D eigenvalue weighted by Crippen LogP contribution is -2.32. The molecule has 1 aromatic carbocycles. The van der Waals surface area contributed by atoms with Gasteiger partial charge in [0.2, 0.25) is 0 Å². The van der Waals surface area contributed by atoms with E-state index in [1.165, 1.54) is 13.0 Å². The molecule has 3 rings (SSSR count). The Morgan fingerprint density at radius 2 is 1.95 bits per heavy atom. The van der Waals surface area contributed by atoms with E-state index in [0.717, 1.165) is 24.3 Å².